The van der Waals surface area contributed by atoms with Gasteiger partial charge >= 0.3 is 0 Å². The molecule has 7 heteroatoms. The number of benzene rings is 2. The van der Waals surface area contributed by atoms with E-state index < -0.39 is 0 Å². The van der Waals surface area contributed by atoms with Gasteiger partial charge in [0.05, 0.1) is 22.4 Å². The molecule has 0 radical (unpaired) electrons. The van der Waals surface area contributed by atoms with E-state index in [0.29, 0.717) is 38.9 Å². The molecule has 1 atom stereocenters. The fraction of sp³-hybridized carbons (Fsp3) is 0.200. The fourth-order valence-electron chi connectivity index (χ4n) is 4.32. The summed E-state index contributed by atoms with van der Waals surface area (Å²) >= 11 is 1.48. The molecule has 0 bridgehead atoms. The first kappa shape index (κ1) is 20.2. The molecule has 2 aromatic carbocycles. The van der Waals surface area contributed by atoms with Crippen LogP contribution >= 0.6 is 11.3 Å². The number of fused-ring (bicyclic) bond motifs is 2. The molecule has 1 aliphatic heterocycles. The van der Waals surface area contributed by atoms with Gasteiger partial charge < -0.3 is 5.32 Å². The fourth-order valence-corrected chi connectivity index (χ4v) is 5.67. The molecule has 1 N–H and O–H groups in total. The average Bonchev–Trinajstić information content (AvgIpc) is 3.27. The number of thiophene rings is 1. The van der Waals surface area contributed by atoms with Crippen molar-refractivity contribution in [3.8, 4) is 6.07 Å². The van der Waals surface area contributed by atoms with Gasteiger partial charge in [-0.05, 0) is 67.1 Å². The van der Waals surface area contributed by atoms with Crippen LogP contribution in [0.25, 0.3) is 0 Å². The lowest BCUT2D eigenvalue weighted by atomic mass is 9.88. The lowest BCUT2D eigenvalue weighted by molar-refractivity contribution is 0.0925. The minimum Gasteiger partial charge on any atom is -0.312 e. The molecule has 0 fully saturated rings. The van der Waals surface area contributed by atoms with Gasteiger partial charge in [-0.15, -0.1) is 11.3 Å². The highest BCUT2D eigenvalue weighted by Gasteiger charge is 2.36. The Balaban J connectivity index is 1.37. The van der Waals surface area contributed by atoms with Crippen LogP contribution in [-0.4, -0.2) is 17.7 Å². The third kappa shape index (κ3) is 3.20. The van der Waals surface area contributed by atoms with E-state index in [1.54, 1.807) is 48.5 Å². The van der Waals surface area contributed by atoms with E-state index in [1.165, 1.54) is 16.2 Å². The topological polar surface area (TPSA) is 90.3 Å². The second kappa shape index (κ2) is 7.74. The lowest BCUT2D eigenvalue weighted by Gasteiger charge is -2.17. The summed E-state index contributed by atoms with van der Waals surface area (Å²) in [5.41, 5.74) is 3.17. The summed E-state index contributed by atoms with van der Waals surface area (Å²) in [6.45, 7) is 2.20. The van der Waals surface area contributed by atoms with Gasteiger partial charge in [-0.25, -0.2) is 4.90 Å². The van der Waals surface area contributed by atoms with E-state index in [1.807, 2.05) is 0 Å². The summed E-state index contributed by atoms with van der Waals surface area (Å²) in [5.74, 6) is -0.507. The summed E-state index contributed by atoms with van der Waals surface area (Å²) in [6.07, 6.45) is 2.84. The first-order valence-corrected chi connectivity index (χ1v) is 11.2. The number of nitriles is 1. The molecule has 0 saturated carbocycles. The van der Waals surface area contributed by atoms with Crippen molar-refractivity contribution in [3.63, 3.8) is 0 Å². The van der Waals surface area contributed by atoms with Crippen LogP contribution in [-0.2, 0) is 12.8 Å². The maximum Gasteiger partial charge on any atom is 0.266 e. The minimum atomic E-state index is -0.375. The standard InChI is InChI=1S/C25H19N3O3S/c1-14-6-11-17-20(13-26)23(32-21(17)12-14)27-22(29)15-7-9-16(10-8-15)28-24(30)18-4-2-3-5-19(18)25(28)31/h2-5,7-10,14H,6,11-12H2,1H3,(H,27,29)/t14-/m1/s1. The van der Waals surface area contributed by atoms with Gasteiger partial charge in [0.2, 0.25) is 0 Å². The average molecular weight is 442 g/mol. The minimum absolute atomic E-state index is 0.331. The number of hydrogen-bond acceptors (Lipinski definition) is 5. The van der Waals surface area contributed by atoms with Gasteiger partial charge in [0.25, 0.3) is 17.7 Å². The molecule has 6 nitrogen and oxygen atoms in total. The Hall–Kier alpha value is -3.76. The summed E-state index contributed by atoms with van der Waals surface area (Å²) in [7, 11) is 0. The molecule has 1 aliphatic carbocycles. The Kier molecular flexibility index (Phi) is 4.87. The SMILES string of the molecule is C[C@@H]1CCc2c(sc(NC(=O)c3ccc(N4C(=O)c5ccccc5C4=O)cc3)c2C#N)C1. The molecule has 0 unspecified atom stereocenters. The van der Waals surface area contributed by atoms with Crippen LogP contribution < -0.4 is 10.2 Å². The Morgan fingerprint density at radius 1 is 1.09 bits per heavy atom. The predicted octanol–water partition coefficient (Wildman–Crippen LogP) is 4.80. The van der Waals surface area contributed by atoms with Crippen molar-refractivity contribution in [1.29, 1.82) is 5.26 Å². The molecule has 0 spiro atoms. The van der Waals surface area contributed by atoms with E-state index in [0.717, 1.165) is 29.7 Å². The number of rotatable bonds is 3. The molecule has 5 rings (SSSR count). The number of amides is 3. The third-order valence-electron chi connectivity index (χ3n) is 6.03. The van der Waals surface area contributed by atoms with Gasteiger partial charge in [0.1, 0.15) is 11.1 Å². The monoisotopic (exact) mass is 441 g/mol. The number of imide groups is 1. The lowest BCUT2D eigenvalue weighted by Crippen LogP contribution is -2.29. The van der Waals surface area contributed by atoms with Gasteiger partial charge in [0.15, 0.2) is 0 Å². The van der Waals surface area contributed by atoms with Crippen molar-refractivity contribution in [2.75, 3.05) is 10.2 Å². The second-order valence-electron chi connectivity index (χ2n) is 8.16. The molecule has 2 heterocycles. The zero-order valence-electron chi connectivity index (χ0n) is 17.3. The summed E-state index contributed by atoms with van der Waals surface area (Å²) in [4.78, 5) is 40.4. The van der Waals surface area contributed by atoms with Crippen molar-refractivity contribution in [2.45, 2.75) is 26.2 Å². The number of carbonyl (C=O) groups is 3. The molecule has 0 saturated heterocycles. The predicted molar refractivity (Wildman–Crippen MR) is 122 cm³/mol. The normalized spacial score (nSPS) is 17.0. The quantitative estimate of drug-likeness (QED) is 0.591. The molecule has 32 heavy (non-hydrogen) atoms. The first-order chi connectivity index (χ1) is 15.5. The Morgan fingerprint density at radius 2 is 1.75 bits per heavy atom. The van der Waals surface area contributed by atoms with Gasteiger partial charge in [-0.3, -0.25) is 14.4 Å². The van der Waals surface area contributed by atoms with Crippen LogP contribution in [0.1, 0.15) is 60.4 Å². The van der Waals surface area contributed by atoms with Gasteiger partial charge in [-0.2, -0.15) is 5.26 Å². The zero-order chi connectivity index (χ0) is 22.4. The third-order valence-corrected chi connectivity index (χ3v) is 7.20. The molecular weight excluding hydrogens is 422 g/mol. The van der Waals surface area contributed by atoms with E-state index in [4.69, 9.17) is 0 Å². The molecule has 1 aromatic heterocycles. The van der Waals surface area contributed by atoms with Crippen molar-refractivity contribution in [1.82, 2.24) is 0 Å². The van der Waals surface area contributed by atoms with Crippen molar-refractivity contribution in [2.24, 2.45) is 5.92 Å². The maximum atomic E-state index is 12.8. The van der Waals surface area contributed by atoms with Crippen LogP contribution in [0, 0.1) is 17.2 Å². The molecule has 3 aromatic rings. The Bertz CT molecular complexity index is 1280. The van der Waals surface area contributed by atoms with Crippen molar-refractivity contribution < 1.29 is 14.4 Å². The molecular formula is C25H19N3O3S. The number of nitrogens with one attached hydrogen (secondary N) is 1. The number of anilines is 2. The number of carbonyl (C=O) groups excluding carboxylic acids is 3. The molecule has 2 aliphatic rings. The van der Waals surface area contributed by atoms with Gasteiger partial charge in [-0.1, -0.05) is 19.1 Å². The van der Waals surface area contributed by atoms with E-state index in [2.05, 4.69) is 18.3 Å². The van der Waals surface area contributed by atoms with Crippen LogP contribution in [0.4, 0.5) is 10.7 Å². The Morgan fingerprint density at radius 3 is 2.38 bits per heavy atom. The Labute approximate surface area is 189 Å². The largest absolute Gasteiger partial charge is 0.312 e. The maximum absolute atomic E-state index is 12.8. The summed E-state index contributed by atoms with van der Waals surface area (Å²) in [6, 6.07) is 15.3. The van der Waals surface area contributed by atoms with Crippen LogP contribution in [0.15, 0.2) is 48.5 Å². The highest BCUT2D eigenvalue weighted by atomic mass is 32.1. The smallest absolute Gasteiger partial charge is 0.266 e. The number of nitrogens with zero attached hydrogens (tertiary/aromatic N) is 2. The summed E-state index contributed by atoms with van der Waals surface area (Å²) in [5, 5.41) is 13.1. The van der Waals surface area contributed by atoms with E-state index >= 15 is 0 Å². The summed E-state index contributed by atoms with van der Waals surface area (Å²) < 4.78 is 0. The van der Waals surface area contributed by atoms with Crippen LogP contribution in [0.3, 0.4) is 0 Å². The molecule has 3 amide bonds. The van der Waals surface area contributed by atoms with E-state index in [-0.39, 0.29) is 17.7 Å². The van der Waals surface area contributed by atoms with E-state index in [9.17, 15) is 19.6 Å². The molecule has 158 valence electrons. The van der Waals surface area contributed by atoms with Crippen LogP contribution in [0.5, 0.6) is 0 Å². The number of hydrogen-bond donors (Lipinski definition) is 1. The van der Waals surface area contributed by atoms with Crippen LogP contribution in [0.2, 0.25) is 0 Å². The first-order valence-electron chi connectivity index (χ1n) is 10.4. The van der Waals surface area contributed by atoms with Gasteiger partial charge in [0, 0.05) is 10.4 Å². The van der Waals surface area contributed by atoms with Crippen molar-refractivity contribution in [3.05, 3.63) is 81.2 Å². The highest BCUT2D eigenvalue weighted by molar-refractivity contribution is 7.16. The second-order valence-corrected chi connectivity index (χ2v) is 9.27. The van der Waals surface area contributed by atoms with Crippen molar-refractivity contribution >= 4 is 39.7 Å². The zero-order valence-corrected chi connectivity index (χ0v) is 18.2. The highest BCUT2D eigenvalue weighted by Crippen LogP contribution is 2.39.